The number of carbonyl (C=O) groups is 1. The first kappa shape index (κ1) is 14.3. The summed E-state index contributed by atoms with van der Waals surface area (Å²) >= 11 is 1.98. The third kappa shape index (κ3) is 3.68. The number of benzene rings is 1. The Kier molecular flexibility index (Phi) is 4.53. The molecule has 6 heteroatoms. The van der Waals surface area contributed by atoms with Crippen molar-refractivity contribution in [1.29, 1.82) is 5.26 Å². The molecule has 0 aliphatic carbocycles. The molecule has 0 radical (unpaired) electrons. The molecule has 1 aromatic carbocycles. The molecule has 20 heavy (non-hydrogen) atoms. The van der Waals surface area contributed by atoms with Gasteiger partial charge in [-0.05, 0) is 59.0 Å². The van der Waals surface area contributed by atoms with E-state index in [4.69, 9.17) is 9.68 Å². The van der Waals surface area contributed by atoms with E-state index in [1.807, 2.05) is 22.6 Å². The van der Waals surface area contributed by atoms with E-state index >= 15 is 0 Å². The number of halogens is 2. The Morgan fingerprint density at radius 2 is 2.00 bits per heavy atom. The minimum absolute atomic E-state index is 0.0972. The molecule has 2 rings (SSSR count). The molecular formula is C14H8FIN2O2. The van der Waals surface area contributed by atoms with Gasteiger partial charge in [-0.3, -0.25) is 4.79 Å². The van der Waals surface area contributed by atoms with Crippen molar-refractivity contribution in [2.45, 2.75) is 0 Å². The topological polar surface area (TPSA) is 66.0 Å². The SMILES string of the molecule is N#C/C(=C/c1ccc(I)o1)C(=O)Nc1ccc(F)cc1. The van der Waals surface area contributed by atoms with Crippen LogP contribution in [0, 0.1) is 20.9 Å². The van der Waals surface area contributed by atoms with Gasteiger partial charge in [-0.15, -0.1) is 0 Å². The lowest BCUT2D eigenvalue weighted by molar-refractivity contribution is -0.112. The van der Waals surface area contributed by atoms with Crippen LogP contribution < -0.4 is 5.32 Å². The third-order valence-corrected chi connectivity index (χ3v) is 2.93. The third-order valence-electron chi connectivity index (χ3n) is 2.35. The van der Waals surface area contributed by atoms with E-state index in [1.54, 1.807) is 18.2 Å². The number of amides is 1. The van der Waals surface area contributed by atoms with Gasteiger partial charge in [0.2, 0.25) is 0 Å². The summed E-state index contributed by atoms with van der Waals surface area (Å²) < 4.78 is 18.7. The van der Waals surface area contributed by atoms with Crippen LogP contribution in [0.25, 0.3) is 6.08 Å². The normalized spacial score (nSPS) is 10.9. The van der Waals surface area contributed by atoms with Gasteiger partial charge >= 0.3 is 0 Å². The van der Waals surface area contributed by atoms with Gasteiger partial charge in [-0.25, -0.2) is 4.39 Å². The van der Waals surface area contributed by atoms with Crippen LogP contribution in [0.2, 0.25) is 0 Å². The smallest absolute Gasteiger partial charge is 0.266 e. The van der Waals surface area contributed by atoms with E-state index in [0.29, 0.717) is 15.2 Å². The molecule has 1 heterocycles. The molecule has 0 fully saturated rings. The number of rotatable bonds is 3. The van der Waals surface area contributed by atoms with Gasteiger partial charge in [0.1, 0.15) is 23.2 Å². The minimum Gasteiger partial charge on any atom is -0.451 e. The zero-order chi connectivity index (χ0) is 14.5. The maximum Gasteiger partial charge on any atom is 0.266 e. The Morgan fingerprint density at radius 3 is 2.55 bits per heavy atom. The number of nitrogens with zero attached hydrogens (tertiary/aromatic N) is 1. The summed E-state index contributed by atoms with van der Waals surface area (Å²) in [6.07, 6.45) is 1.35. The Labute approximate surface area is 128 Å². The van der Waals surface area contributed by atoms with E-state index in [9.17, 15) is 9.18 Å². The van der Waals surface area contributed by atoms with Gasteiger partial charge in [0.25, 0.3) is 5.91 Å². The van der Waals surface area contributed by atoms with Crippen molar-refractivity contribution in [3.05, 3.63) is 57.3 Å². The van der Waals surface area contributed by atoms with Gasteiger partial charge in [0.15, 0.2) is 3.77 Å². The highest BCUT2D eigenvalue weighted by molar-refractivity contribution is 14.1. The molecule has 0 aliphatic heterocycles. The van der Waals surface area contributed by atoms with E-state index in [0.717, 1.165) is 0 Å². The lowest BCUT2D eigenvalue weighted by atomic mass is 10.2. The van der Waals surface area contributed by atoms with Gasteiger partial charge in [0, 0.05) is 11.8 Å². The average molecular weight is 382 g/mol. The predicted molar refractivity (Wildman–Crippen MR) is 80.0 cm³/mol. The average Bonchev–Trinajstić information content (AvgIpc) is 2.84. The number of carbonyl (C=O) groups excluding carboxylic acids is 1. The fraction of sp³-hybridized carbons (Fsp3) is 0. The van der Waals surface area contributed by atoms with Crippen molar-refractivity contribution < 1.29 is 13.6 Å². The van der Waals surface area contributed by atoms with Crippen LogP contribution in [0.4, 0.5) is 10.1 Å². The largest absolute Gasteiger partial charge is 0.451 e. The Balaban J connectivity index is 2.16. The molecule has 0 saturated carbocycles. The van der Waals surface area contributed by atoms with Crippen molar-refractivity contribution in [3.63, 3.8) is 0 Å². The van der Waals surface area contributed by atoms with Crippen LogP contribution in [0.5, 0.6) is 0 Å². The predicted octanol–water partition coefficient (Wildman–Crippen LogP) is 3.57. The standard InChI is InChI=1S/C14H8FIN2O2/c15-10-1-3-11(4-2-10)18-14(19)9(8-17)7-12-5-6-13(16)20-12/h1-7H,(H,18,19)/b9-7-. The highest BCUT2D eigenvalue weighted by atomic mass is 127. The van der Waals surface area contributed by atoms with Crippen molar-refractivity contribution in [2.75, 3.05) is 5.32 Å². The number of nitriles is 1. The molecule has 0 spiro atoms. The summed E-state index contributed by atoms with van der Waals surface area (Å²) in [5.41, 5.74) is 0.312. The minimum atomic E-state index is -0.578. The molecule has 1 amide bonds. The second-order valence-electron chi connectivity index (χ2n) is 3.77. The van der Waals surface area contributed by atoms with Crippen molar-refractivity contribution in [3.8, 4) is 6.07 Å². The molecule has 4 nitrogen and oxygen atoms in total. The van der Waals surface area contributed by atoms with Crippen molar-refractivity contribution >= 4 is 40.3 Å². The summed E-state index contributed by atoms with van der Waals surface area (Å²) in [4.78, 5) is 11.9. The Bertz CT molecular complexity index is 699. The fourth-order valence-electron chi connectivity index (χ4n) is 1.43. The molecule has 100 valence electrons. The lowest BCUT2D eigenvalue weighted by Gasteiger charge is -2.03. The molecule has 1 aromatic heterocycles. The number of hydrogen-bond donors (Lipinski definition) is 1. The zero-order valence-corrected chi connectivity index (χ0v) is 12.2. The Hall–Kier alpha value is -2.14. The quantitative estimate of drug-likeness (QED) is 0.502. The Morgan fingerprint density at radius 1 is 1.30 bits per heavy atom. The summed E-state index contributed by atoms with van der Waals surface area (Å²) in [7, 11) is 0. The maximum atomic E-state index is 12.7. The fourth-order valence-corrected chi connectivity index (χ4v) is 1.86. The van der Waals surface area contributed by atoms with Crippen LogP contribution in [-0.4, -0.2) is 5.91 Å². The van der Waals surface area contributed by atoms with E-state index in [-0.39, 0.29) is 5.57 Å². The highest BCUT2D eigenvalue weighted by Crippen LogP contribution is 2.15. The summed E-state index contributed by atoms with van der Waals surface area (Å²) in [5, 5.41) is 11.5. The van der Waals surface area contributed by atoms with Crippen LogP contribution >= 0.6 is 22.6 Å². The maximum absolute atomic E-state index is 12.7. The summed E-state index contributed by atoms with van der Waals surface area (Å²) in [5.74, 6) is -0.560. The van der Waals surface area contributed by atoms with Gasteiger partial charge in [-0.1, -0.05) is 0 Å². The molecule has 0 bridgehead atoms. The number of furan rings is 1. The lowest BCUT2D eigenvalue weighted by Crippen LogP contribution is -2.13. The van der Waals surface area contributed by atoms with Crippen LogP contribution in [0.15, 0.2) is 46.4 Å². The van der Waals surface area contributed by atoms with Crippen molar-refractivity contribution in [2.24, 2.45) is 0 Å². The second kappa shape index (κ2) is 6.34. The van der Waals surface area contributed by atoms with Crippen LogP contribution in [0.1, 0.15) is 5.76 Å². The molecule has 0 atom stereocenters. The highest BCUT2D eigenvalue weighted by Gasteiger charge is 2.10. The zero-order valence-electron chi connectivity index (χ0n) is 10.1. The molecule has 2 aromatic rings. The molecule has 1 N–H and O–H groups in total. The first-order valence-electron chi connectivity index (χ1n) is 5.52. The second-order valence-corrected chi connectivity index (χ2v) is 4.84. The number of anilines is 1. The van der Waals surface area contributed by atoms with Gasteiger partial charge in [0.05, 0.1) is 0 Å². The van der Waals surface area contributed by atoms with Crippen LogP contribution in [-0.2, 0) is 4.79 Å². The molecule has 0 unspecified atom stereocenters. The summed E-state index contributed by atoms with van der Waals surface area (Å²) in [6.45, 7) is 0. The van der Waals surface area contributed by atoms with E-state index in [2.05, 4.69) is 5.32 Å². The first-order valence-corrected chi connectivity index (χ1v) is 6.60. The van der Waals surface area contributed by atoms with Gasteiger partial charge in [-0.2, -0.15) is 5.26 Å². The number of hydrogen-bond acceptors (Lipinski definition) is 3. The van der Waals surface area contributed by atoms with Crippen LogP contribution in [0.3, 0.4) is 0 Å². The first-order chi connectivity index (χ1) is 9.58. The van der Waals surface area contributed by atoms with E-state index in [1.165, 1.54) is 30.3 Å². The molecule has 0 aliphatic rings. The molecular weight excluding hydrogens is 374 g/mol. The monoisotopic (exact) mass is 382 g/mol. The number of nitrogens with one attached hydrogen (secondary N) is 1. The van der Waals surface area contributed by atoms with E-state index < -0.39 is 11.7 Å². The van der Waals surface area contributed by atoms with Crippen molar-refractivity contribution in [1.82, 2.24) is 0 Å². The van der Waals surface area contributed by atoms with Gasteiger partial charge < -0.3 is 9.73 Å². The molecule has 0 saturated heterocycles. The summed E-state index contributed by atoms with van der Waals surface area (Å²) in [6, 6.07) is 10.5.